The number of aliphatic hydroxyl groups excluding tert-OH is 1. The van der Waals surface area contributed by atoms with Crippen LogP contribution in [0.3, 0.4) is 0 Å². The van der Waals surface area contributed by atoms with E-state index in [2.05, 4.69) is 16.9 Å². The SMILES string of the molecule is C#Cc1ccc([C@@H]2C=C(C(=O)N3CCN(Cc4ccc5c(c4)OCO5)CC3)O[C@H](OCCCCO)C2)cc1. The van der Waals surface area contributed by atoms with Gasteiger partial charge in [0.1, 0.15) is 0 Å². The van der Waals surface area contributed by atoms with Crippen LogP contribution < -0.4 is 9.47 Å². The Morgan fingerprint density at radius 2 is 1.84 bits per heavy atom. The molecule has 0 aliphatic carbocycles. The molecule has 0 aromatic heterocycles. The molecule has 1 N–H and O–H groups in total. The first kappa shape index (κ1) is 26.1. The predicted molar refractivity (Wildman–Crippen MR) is 141 cm³/mol. The predicted octanol–water partition coefficient (Wildman–Crippen LogP) is 3.24. The Morgan fingerprint density at radius 1 is 1.05 bits per heavy atom. The largest absolute Gasteiger partial charge is 0.459 e. The van der Waals surface area contributed by atoms with Crippen molar-refractivity contribution >= 4 is 5.91 Å². The van der Waals surface area contributed by atoms with E-state index < -0.39 is 6.29 Å². The molecule has 2 aromatic rings. The summed E-state index contributed by atoms with van der Waals surface area (Å²) in [7, 11) is 0. The van der Waals surface area contributed by atoms with Crippen LogP contribution in [-0.2, 0) is 20.8 Å². The molecule has 0 bridgehead atoms. The molecule has 0 radical (unpaired) electrons. The molecule has 1 saturated heterocycles. The molecular weight excluding hydrogens is 484 g/mol. The number of hydrogen-bond donors (Lipinski definition) is 1. The Balaban J connectivity index is 1.22. The van der Waals surface area contributed by atoms with Crippen molar-refractivity contribution in [1.82, 2.24) is 9.80 Å². The van der Waals surface area contributed by atoms with Crippen LogP contribution in [0.5, 0.6) is 11.5 Å². The Bertz CT molecular complexity index is 1180. The van der Waals surface area contributed by atoms with Crippen LogP contribution in [0.2, 0.25) is 0 Å². The summed E-state index contributed by atoms with van der Waals surface area (Å²) in [5.74, 6) is 4.41. The summed E-state index contributed by atoms with van der Waals surface area (Å²) in [5.41, 5.74) is 3.04. The van der Waals surface area contributed by atoms with E-state index in [1.807, 2.05) is 47.4 Å². The minimum absolute atomic E-state index is 0.0235. The highest BCUT2D eigenvalue weighted by atomic mass is 16.7. The molecule has 0 spiro atoms. The van der Waals surface area contributed by atoms with Gasteiger partial charge in [-0.25, -0.2) is 0 Å². The minimum atomic E-state index is -0.526. The van der Waals surface area contributed by atoms with Crippen LogP contribution in [0.15, 0.2) is 54.3 Å². The lowest BCUT2D eigenvalue weighted by atomic mass is 9.92. The van der Waals surface area contributed by atoms with E-state index in [0.717, 1.165) is 54.2 Å². The number of piperazine rings is 1. The first-order valence-corrected chi connectivity index (χ1v) is 13.2. The van der Waals surface area contributed by atoms with Crippen LogP contribution >= 0.6 is 0 Å². The zero-order chi connectivity index (χ0) is 26.3. The van der Waals surface area contributed by atoms with Crippen molar-refractivity contribution in [3.63, 3.8) is 0 Å². The van der Waals surface area contributed by atoms with Crippen molar-refractivity contribution in [2.45, 2.75) is 38.0 Å². The lowest BCUT2D eigenvalue weighted by Crippen LogP contribution is -2.49. The van der Waals surface area contributed by atoms with Crippen molar-refractivity contribution in [3.8, 4) is 23.8 Å². The molecule has 2 atom stereocenters. The molecule has 3 heterocycles. The van der Waals surface area contributed by atoms with Crippen LogP contribution in [-0.4, -0.2) is 73.3 Å². The van der Waals surface area contributed by atoms with Gasteiger partial charge < -0.3 is 29.0 Å². The third-order valence-corrected chi connectivity index (χ3v) is 7.13. The van der Waals surface area contributed by atoms with E-state index >= 15 is 0 Å². The summed E-state index contributed by atoms with van der Waals surface area (Å²) in [5, 5.41) is 9.06. The molecule has 0 saturated carbocycles. The van der Waals surface area contributed by atoms with Gasteiger partial charge in [-0.2, -0.15) is 0 Å². The van der Waals surface area contributed by atoms with E-state index in [1.165, 1.54) is 0 Å². The van der Waals surface area contributed by atoms with Gasteiger partial charge in [0.25, 0.3) is 5.91 Å². The first-order chi connectivity index (χ1) is 18.6. The molecule has 38 heavy (non-hydrogen) atoms. The van der Waals surface area contributed by atoms with E-state index in [-0.39, 0.29) is 25.2 Å². The summed E-state index contributed by atoms with van der Waals surface area (Å²) in [6.07, 6.45) is 8.91. The van der Waals surface area contributed by atoms with Crippen molar-refractivity contribution in [1.29, 1.82) is 0 Å². The van der Waals surface area contributed by atoms with Gasteiger partial charge in [-0.15, -0.1) is 6.42 Å². The fraction of sp³-hybridized carbons (Fsp3) is 0.433. The highest BCUT2D eigenvalue weighted by Crippen LogP contribution is 2.34. The van der Waals surface area contributed by atoms with E-state index in [1.54, 1.807) is 0 Å². The number of ether oxygens (including phenoxy) is 4. The number of carbonyl (C=O) groups excluding carboxylic acids is 1. The normalized spacial score (nSPS) is 20.9. The molecule has 5 rings (SSSR count). The third-order valence-electron chi connectivity index (χ3n) is 7.13. The lowest BCUT2D eigenvalue weighted by Gasteiger charge is -2.36. The maximum absolute atomic E-state index is 13.5. The summed E-state index contributed by atoms with van der Waals surface area (Å²) < 4.78 is 22.9. The Morgan fingerprint density at radius 3 is 2.61 bits per heavy atom. The van der Waals surface area contributed by atoms with E-state index in [0.29, 0.717) is 38.3 Å². The van der Waals surface area contributed by atoms with Crippen LogP contribution in [0.4, 0.5) is 0 Å². The molecule has 0 unspecified atom stereocenters. The quantitative estimate of drug-likeness (QED) is 0.403. The number of carbonyl (C=O) groups is 1. The number of hydrogen-bond acceptors (Lipinski definition) is 7. The van der Waals surface area contributed by atoms with Gasteiger partial charge in [0.15, 0.2) is 17.3 Å². The second-order valence-electron chi connectivity index (χ2n) is 9.74. The fourth-order valence-corrected chi connectivity index (χ4v) is 4.96. The van der Waals surface area contributed by atoms with Gasteiger partial charge in [0, 0.05) is 57.2 Å². The molecule has 1 fully saturated rings. The second kappa shape index (κ2) is 12.4. The lowest BCUT2D eigenvalue weighted by molar-refractivity contribution is -0.154. The number of benzene rings is 2. The summed E-state index contributed by atoms with van der Waals surface area (Å²) >= 11 is 0. The zero-order valence-electron chi connectivity index (χ0n) is 21.5. The van der Waals surface area contributed by atoms with Crippen LogP contribution in [0, 0.1) is 12.3 Å². The van der Waals surface area contributed by atoms with E-state index in [9.17, 15) is 4.79 Å². The minimum Gasteiger partial charge on any atom is -0.459 e. The number of allylic oxidation sites excluding steroid dienone is 1. The number of amides is 1. The Kier molecular flexibility index (Phi) is 8.49. The highest BCUT2D eigenvalue weighted by Gasteiger charge is 2.32. The summed E-state index contributed by atoms with van der Waals surface area (Å²) in [6, 6.07) is 13.9. The summed E-state index contributed by atoms with van der Waals surface area (Å²) in [6.45, 7) is 4.43. The molecule has 3 aliphatic heterocycles. The summed E-state index contributed by atoms with van der Waals surface area (Å²) in [4.78, 5) is 17.7. The smallest absolute Gasteiger partial charge is 0.288 e. The number of unbranched alkanes of at least 4 members (excludes halogenated alkanes) is 1. The monoisotopic (exact) mass is 518 g/mol. The Labute approximate surface area is 223 Å². The number of aliphatic hydroxyl groups is 1. The maximum atomic E-state index is 13.5. The average Bonchev–Trinajstić information content (AvgIpc) is 3.43. The maximum Gasteiger partial charge on any atom is 0.288 e. The fourth-order valence-electron chi connectivity index (χ4n) is 4.96. The van der Waals surface area contributed by atoms with Gasteiger partial charge in [-0.3, -0.25) is 9.69 Å². The zero-order valence-corrected chi connectivity index (χ0v) is 21.5. The van der Waals surface area contributed by atoms with Crippen molar-refractivity contribution in [2.75, 3.05) is 46.2 Å². The number of rotatable bonds is 9. The van der Waals surface area contributed by atoms with Gasteiger partial charge in [-0.05, 0) is 54.3 Å². The van der Waals surface area contributed by atoms with Crippen molar-refractivity contribution in [3.05, 3.63) is 71.0 Å². The van der Waals surface area contributed by atoms with Crippen molar-refractivity contribution in [2.24, 2.45) is 0 Å². The molecule has 200 valence electrons. The first-order valence-electron chi connectivity index (χ1n) is 13.2. The van der Waals surface area contributed by atoms with Crippen LogP contribution in [0.1, 0.15) is 41.9 Å². The van der Waals surface area contributed by atoms with Gasteiger partial charge in [0.2, 0.25) is 13.1 Å². The van der Waals surface area contributed by atoms with Crippen molar-refractivity contribution < 1.29 is 28.8 Å². The van der Waals surface area contributed by atoms with Gasteiger partial charge in [-0.1, -0.05) is 24.1 Å². The standard InChI is InChI=1S/C30H34N2O6/c1-2-22-5-8-24(9-6-22)25-18-28(38-29(19-25)35-16-4-3-15-33)30(34)32-13-11-31(12-14-32)20-23-7-10-26-27(17-23)37-21-36-26/h1,5-10,17-18,25,29,33H,3-4,11-16,19-21H2/t25-,29+/m1/s1. The number of nitrogens with zero attached hydrogens (tertiary/aromatic N) is 2. The second-order valence-corrected chi connectivity index (χ2v) is 9.74. The molecule has 3 aliphatic rings. The number of fused-ring (bicyclic) bond motifs is 1. The van der Waals surface area contributed by atoms with Gasteiger partial charge in [0.05, 0.1) is 6.61 Å². The van der Waals surface area contributed by atoms with Gasteiger partial charge >= 0.3 is 0 Å². The van der Waals surface area contributed by atoms with Crippen LogP contribution in [0.25, 0.3) is 0 Å². The molecule has 2 aromatic carbocycles. The molecular formula is C30H34N2O6. The topological polar surface area (TPSA) is 80.7 Å². The highest BCUT2D eigenvalue weighted by molar-refractivity contribution is 5.92. The Hall–Kier alpha value is -3.51. The average molecular weight is 519 g/mol. The molecule has 1 amide bonds. The molecule has 8 nitrogen and oxygen atoms in total. The van der Waals surface area contributed by atoms with E-state index in [4.69, 9.17) is 30.5 Å². The molecule has 8 heteroatoms. The third kappa shape index (κ3) is 6.30. The number of terminal acetylenes is 1.